The zero-order chi connectivity index (χ0) is 14.0. The van der Waals surface area contributed by atoms with Crippen LogP contribution < -0.4 is 0 Å². The molecule has 0 radical (unpaired) electrons. The van der Waals surface area contributed by atoms with E-state index in [2.05, 4.69) is 68.2 Å². The summed E-state index contributed by atoms with van der Waals surface area (Å²) < 4.78 is 0. The van der Waals surface area contributed by atoms with Gasteiger partial charge in [0.25, 0.3) is 0 Å². The Morgan fingerprint density at radius 2 is 1.50 bits per heavy atom. The molecule has 0 aliphatic carbocycles. The van der Waals surface area contributed by atoms with Gasteiger partial charge in [0, 0.05) is 0 Å². The van der Waals surface area contributed by atoms with Gasteiger partial charge in [-0.2, -0.15) is 0 Å². The quantitative estimate of drug-likeness (QED) is 0.554. The van der Waals surface area contributed by atoms with Crippen molar-refractivity contribution in [3.63, 3.8) is 0 Å². The van der Waals surface area contributed by atoms with Crippen LogP contribution in [0.1, 0.15) is 51.0 Å². The Morgan fingerprint density at radius 1 is 1.11 bits per heavy atom. The van der Waals surface area contributed by atoms with E-state index in [0.717, 1.165) is 5.92 Å². The van der Waals surface area contributed by atoms with Crippen molar-refractivity contribution in [2.24, 2.45) is 0 Å². The van der Waals surface area contributed by atoms with Gasteiger partial charge in [-0.05, 0) is 36.1 Å². The molecule has 0 bridgehead atoms. The highest BCUT2D eigenvalue weighted by atomic mass is 32.9. The molecule has 2 nitrogen and oxygen atoms in total. The zero-order valence-corrected chi connectivity index (χ0v) is 13.6. The molecular formula is C13H23O2PS2. The van der Waals surface area contributed by atoms with E-state index in [4.69, 9.17) is 9.79 Å². The molecule has 1 aromatic rings. The standard InChI is InChI=1S/C13H20.H3O2PS2/c1-3-8-12(9-4-2)13-10-6-5-7-11-13;1-3(2,4)5/h5-7,10-12H,3-4,8-9H2,1-2H3;(H3,1,2,4,5). The maximum atomic E-state index is 7.87. The summed E-state index contributed by atoms with van der Waals surface area (Å²) in [6.07, 6.45) is 5.24. The maximum absolute atomic E-state index is 7.87. The van der Waals surface area contributed by atoms with Gasteiger partial charge in [0.2, 0.25) is 5.69 Å². The number of benzene rings is 1. The molecule has 0 amide bonds. The van der Waals surface area contributed by atoms with E-state index in [1.807, 2.05) is 0 Å². The summed E-state index contributed by atoms with van der Waals surface area (Å²) >= 11 is 7.07. The molecule has 0 heterocycles. The smallest absolute Gasteiger partial charge is 0.239 e. The molecule has 0 aliphatic rings. The fourth-order valence-corrected chi connectivity index (χ4v) is 1.90. The molecule has 5 heteroatoms. The fraction of sp³-hybridized carbons (Fsp3) is 0.538. The lowest BCUT2D eigenvalue weighted by molar-refractivity contribution is 0.503. The number of hydrogen-bond donors (Lipinski definition) is 3. The second-order valence-corrected chi connectivity index (χ2v) is 9.24. The molecule has 0 aliphatic heterocycles. The lowest BCUT2D eigenvalue weighted by atomic mass is 9.91. The molecule has 18 heavy (non-hydrogen) atoms. The number of hydrogen-bond acceptors (Lipinski definition) is 1. The molecule has 0 unspecified atom stereocenters. The van der Waals surface area contributed by atoms with Gasteiger partial charge in [-0.15, -0.1) is 0 Å². The molecule has 0 fully saturated rings. The second-order valence-electron chi connectivity index (χ2n) is 4.20. The molecule has 1 rings (SSSR count). The van der Waals surface area contributed by atoms with E-state index in [1.54, 1.807) is 0 Å². The monoisotopic (exact) mass is 306 g/mol. The first-order chi connectivity index (χ1) is 8.38. The lowest BCUT2D eigenvalue weighted by Gasteiger charge is -2.15. The summed E-state index contributed by atoms with van der Waals surface area (Å²) in [5, 5.41) is 0. The minimum absolute atomic E-state index is 0.788. The van der Waals surface area contributed by atoms with E-state index in [9.17, 15) is 0 Å². The van der Waals surface area contributed by atoms with Crippen LogP contribution in [-0.4, -0.2) is 9.79 Å². The summed E-state index contributed by atoms with van der Waals surface area (Å²) in [4.78, 5) is 15.7. The van der Waals surface area contributed by atoms with E-state index in [-0.39, 0.29) is 0 Å². The average molecular weight is 306 g/mol. The number of thiol groups is 1. The summed E-state index contributed by atoms with van der Waals surface area (Å²) in [6.45, 7) is 4.54. The van der Waals surface area contributed by atoms with Crippen LogP contribution >= 0.6 is 17.9 Å². The Morgan fingerprint density at radius 3 is 1.83 bits per heavy atom. The Balaban J connectivity index is 0.000000494. The normalized spacial score (nSPS) is 11.0. The van der Waals surface area contributed by atoms with Crippen molar-refractivity contribution in [3.05, 3.63) is 35.9 Å². The van der Waals surface area contributed by atoms with Gasteiger partial charge in [0.15, 0.2) is 0 Å². The topological polar surface area (TPSA) is 40.5 Å². The molecular weight excluding hydrogens is 283 g/mol. The SMILES string of the molecule is CCCC(CCC)c1ccccc1.OP(O)(=S)S. The Kier molecular flexibility index (Phi) is 10.1. The molecule has 0 spiro atoms. The number of rotatable bonds is 5. The largest absolute Gasteiger partial charge is 0.338 e. The van der Waals surface area contributed by atoms with Crippen LogP contribution in [0.25, 0.3) is 0 Å². The molecule has 0 saturated heterocycles. The van der Waals surface area contributed by atoms with Crippen LogP contribution in [0.4, 0.5) is 0 Å². The van der Waals surface area contributed by atoms with E-state index in [0.29, 0.717) is 0 Å². The summed E-state index contributed by atoms with van der Waals surface area (Å²) in [7, 11) is 0. The summed E-state index contributed by atoms with van der Waals surface area (Å²) in [5.74, 6) is 0.788. The second kappa shape index (κ2) is 9.99. The zero-order valence-electron chi connectivity index (χ0n) is 11.0. The van der Waals surface area contributed by atoms with Crippen LogP contribution in [-0.2, 0) is 11.8 Å². The van der Waals surface area contributed by atoms with Crippen LogP contribution in [0.3, 0.4) is 0 Å². The molecule has 0 aromatic heterocycles. The van der Waals surface area contributed by atoms with Gasteiger partial charge in [0.05, 0.1) is 0 Å². The van der Waals surface area contributed by atoms with Gasteiger partial charge < -0.3 is 9.79 Å². The Bertz CT molecular complexity index is 337. The third-order valence-electron chi connectivity index (χ3n) is 2.55. The summed E-state index contributed by atoms with van der Waals surface area (Å²) in [5.41, 5.74) is -1.59. The molecule has 1 aromatic carbocycles. The predicted octanol–water partition coefficient (Wildman–Crippen LogP) is 4.50. The highest BCUT2D eigenvalue weighted by Gasteiger charge is 2.07. The van der Waals surface area contributed by atoms with Gasteiger partial charge in [-0.3, -0.25) is 0 Å². The van der Waals surface area contributed by atoms with Crippen molar-refractivity contribution < 1.29 is 9.79 Å². The highest BCUT2D eigenvalue weighted by Crippen LogP contribution is 2.39. The fourth-order valence-electron chi connectivity index (χ4n) is 1.90. The first-order valence-electron chi connectivity index (χ1n) is 6.21. The molecule has 2 N–H and O–H groups in total. The highest BCUT2D eigenvalue weighted by molar-refractivity contribution is 8.59. The first kappa shape index (κ1) is 18.1. The predicted molar refractivity (Wildman–Crippen MR) is 86.7 cm³/mol. The molecule has 104 valence electrons. The lowest BCUT2D eigenvalue weighted by Crippen LogP contribution is -1.97. The Hall–Kier alpha value is 0.140. The van der Waals surface area contributed by atoms with Crippen LogP contribution in [0.15, 0.2) is 30.3 Å². The van der Waals surface area contributed by atoms with Crippen molar-refractivity contribution >= 4 is 29.7 Å². The van der Waals surface area contributed by atoms with Gasteiger partial charge in [0.1, 0.15) is 0 Å². The summed E-state index contributed by atoms with van der Waals surface area (Å²) in [6, 6.07) is 10.9. The van der Waals surface area contributed by atoms with Gasteiger partial charge in [-0.1, -0.05) is 69.3 Å². The Labute approximate surface area is 121 Å². The third kappa shape index (κ3) is 11.2. The van der Waals surface area contributed by atoms with Gasteiger partial charge >= 0.3 is 0 Å². The maximum Gasteiger partial charge on any atom is 0.239 e. The van der Waals surface area contributed by atoms with Crippen molar-refractivity contribution in [2.75, 3.05) is 0 Å². The minimum atomic E-state index is -3.11. The molecule has 0 atom stereocenters. The van der Waals surface area contributed by atoms with E-state index < -0.39 is 5.69 Å². The van der Waals surface area contributed by atoms with E-state index >= 15 is 0 Å². The van der Waals surface area contributed by atoms with Crippen LogP contribution in [0.5, 0.6) is 0 Å². The third-order valence-corrected chi connectivity index (χ3v) is 2.55. The van der Waals surface area contributed by atoms with Crippen LogP contribution in [0.2, 0.25) is 0 Å². The average Bonchev–Trinajstić information content (AvgIpc) is 2.28. The minimum Gasteiger partial charge on any atom is -0.338 e. The first-order valence-corrected chi connectivity index (χ1v) is 10.1. The van der Waals surface area contributed by atoms with Crippen molar-refractivity contribution in [2.45, 2.75) is 45.4 Å². The van der Waals surface area contributed by atoms with E-state index in [1.165, 1.54) is 31.2 Å². The van der Waals surface area contributed by atoms with Crippen LogP contribution in [0, 0.1) is 0 Å². The van der Waals surface area contributed by atoms with Crippen molar-refractivity contribution in [1.82, 2.24) is 0 Å². The van der Waals surface area contributed by atoms with Crippen molar-refractivity contribution in [3.8, 4) is 0 Å². The van der Waals surface area contributed by atoms with Crippen molar-refractivity contribution in [1.29, 1.82) is 0 Å². The van der Waals surface area contributed by atoms with Gasteiger partial charge in [-0.25, -0.2) is 0 Å². The molecule has 0 saturated carbocycles.